The van der Waals surface area contributed by atoms with Crippen molar-refractivity contribution in [2.24, 2.45) is 5.84 Å². The second kappa shape index (κ2) is 5.85. The molecule has 0 bridgehead atoms. The van der Waals surface area contributed by atoms with Crippen molar-refractivity contribution in [3.8, 4) is 0 Å². The van der Waals surface area contributed by atoms with Gasteiger partial charge in [0.2, 0.25) is 0 Å². The average molecular weight is 297 g/mol. The summed E-state index contributed by atoms with van der Waals surface area (Å²) in [6, 6.07) is 7.57. The summed E-state index contributed by atoms with van der Waals surface area (Å²) in [7, 11) is 0. The molecular formula is C12H9F2N3O2S. The Kier molecular flexibility index (Phi) is 4.16. The van der Waals surface area contributed by atoms with Crippen LogP contribution in [0.4, 0.5) is 20.2 Å². The second-order valence-corrected chi connectivity index (χ2v) is 4.94. The fourth-order valence-corrected chi connectivity index (χ4v) is 2.44. The second-order valence-electron chi connectivity index (χ2n) is 3.80. The van der Waals surface area contributed by atoms with Gasteiger partial charge in [0.25, 0.3) is 5.69 Å². The van der Waals surface area contributed by atoms with Crippen LogP contribution in [-0.2, 0) is 0 Å². The minimum Gasteiger partial charge on any atom is -0.324 e. The maximum atomic E-state index is 13.1. The number of nitrogens with zero attached hydrogens (tertiary/aromatic N) is 1. The van der Waals surface area contributed by atoms with Crippen LogP contribution in [-0.4, -0.2) is 4.92 Å². The van der Waals surface area contributed by atoms with Crippen LogP contribution in [0.15, 0.2) is 46.2 Å². The van der Waals surface area contributed by atoms with Crippen LogP contribution in [0, 0.1) is 21.7 Å². The number of hydrogen-bond donors (Lipinski definition) is 2. The van der Waals surface area contributed by atoms with E-state index in [1.165, 1.54) is 18.2 Å². The molecule has 20 heavy (non-hydrogen) atoms. The quantitative estimate of drug-likeness (QED) is 0.514. The molecule has 0 saturated carbocycles. The Labute approximate surface area is 116 Å². The number of nitro benzene ring substituents is 1. The van der Waals surface area contributed by atoms with E-state index >= 15 is 0 Å². The Bertz CT molecular complexity index is 667. The van der Waals surface area contributed by atoms with Gasteiger partial charge < -0.3 is 5.43 Å². The number of nitrogen functional groups attached to an aromatic ring is 1. The number of rotatable bonds is 4. The molecule has 3 N–H and O–H groups in total. The van der Waals surface area contributed by atoms with Gasteiger partial charge in [-0.15, -0.1) is 0 Å². The van der Waals surface area contributed by atoms with E-state index in [4.69, 9.17) is 5.84 Å². The third-order valence-electron chi connectivity index (χ3n) is 2.40. The lowest BCUT2D eigenvalue weighted by Gasteiger charge is -2.05. The van der Waals surface area contributed by atoms with E-state index in [1.807, 2.05) is 0 Å². The molecule has 0 atom stereocenters. The molecule has 0 saturated heterocycles. The summed E-state index contributed by atoms with van der Waals surface area (Å²) >= 11 is 1.06. The summed E-state index contributed by atoms with van der Waals surface area (Å²) in [5, 5.41) is 10.8. The molecule has 5 nitrogen and oxygen atoms in total. The van der Waals surface area contributed by atoms with Crippen molar-refractivity contribution >= 4 is 23.1 Å². The number of halogens is 2. The summed E-state index contributed by atoms with van der Waals surface area (Å²) in [6.45, 7) is 0. The van der Waals surface area contributed by atoms with E-state index in [0.29, 0.717) is 15.5 Å². The Morgan fingerprint density at radius 2 is 1.85 bits per heavy atom. The first-order valence-corrected chi connectivity index (χ1v) is 6.20. The molecule has 104 valence electrons. The first-order valence-electron chi connectivity index (χ1n) is 5.38. The van der Waals surface area contributed by atoms with Crippen LogP contribution in [0.3, 0.4) is 0 Å². The van der Waals surface area contributed by atoms with Gasteiger partial charge in [-0.25, -0.2) is 8.78 Å². The van der Waals surface area contributed by atoms with Crippen molar-refractivity contribution in [1.29, 1.82) is 0 Å². The zero-order valence-electron chi connectivity index (χ0n) is 9.97. The molecule has 0 spiro atoms. The van der Waals surface area contributed by atoms with E-state index in [2.05, 4.69) is 5.43 Å². The van der Waals surface area contributed by atoms with Gasteiger partial charge in [0.05, 0.1) is 10.6 Å². The number of nitrogens with one attached hydrogen (secondary N) is 1. The van der Waals surface area contributed by atoms with Gasteiger partial charge in [-0.2, -0.15) is 0 Å². The molecule has 0 heterocycles. The van der Waals surface area contributed by atoms with Crippen LogP contribution < -0.4 is 11.3 Å². The molecule has 0 aliphatic heterocycles. The monoisotopic (exact) mass is 297 g/mol. The zero-order valence-corrected chi connectivity index (χ0v) is 10.8. The standard InChI is InChI=1S/C12H9F2N3O2S/c13-11-2-1-9(6-12(11)14)20-10-4-7(16-15)3-8(5-10)17(18)19/h1-6,16H,15H2. The van der Waals surface area contributed by atoms with Crippen molar-refractivity contribution in [3.05, 3.63) is 58.1 Å². The van der Waals surface area contributed by atoms with Crippen LogP contribution in [0.5, 0.6) is 0 Å². The van der Waals surface area contributed by atoms with Gasteiger partial charge in [0, 0.05) is 21.9 Å². The molecule has 2 rings (SSSR count). The van der Waals surface area contributed by atoms with Crippen LogP contribution >= 0.6 is 11.8 Å². The highest BCUT2D eigenvalue weighted by molar-refractivity contribution is 7.99. The molecule has 8 heteroatoms. The topological polar surface area (TPSA) is 81.2 Å². The first kappa shape index (κ1) is 14.2. The fraction of sp³-hybridized carbons (Fsp3) is 0. The smallest absolute Gasteiger partial charge is 0.272 e. The number of nitro groups is 1. The summed E-state index contributed by atoms with van der Waals surface area (Å²) in [5.41, 5.74) is 2.52. The zero-order chi connectivity index (χ0) is 14.7. The van der Waals surface area contributed by atoms with Crippen LogP contribution in [0.1, 0.15) is 0 Å². The largest absolute Gasteiger partial charge is 0.324 e. The first-order chi connectivity index (χ1) is 9.49. The Morgan fingerprint density at radius 3 is 2.45 bits per heavy atom. The fourth-order valence-electron chi connectivity index (χ4n) is 1.51. The van der Waals surface area contributed by atoms with Crippen molar-refractivity contribution in [2.45, 2.75) is 9.79 Å². The molecule has 0 aliphatic rings. The number of anilines is 1. The molecule has 0 radical (unpaired) electrons. The Hall–Kier alpha value is -2.19. The highest BCUT2D eigenvalue weighted by atomic mass is 32.2. The van der Waals surface area contributed by atoms with Gasteiger partial charge in [0.15, 0.2) is 11.6 Å². The highest BCUT2D eigenvalue weighted by Crippen LogP contribution is 2.33. The molecule has 2 aromatic carbocycles. The van der Waals surface area contributed by atoms with Crippen LogP contribution in [0.25, 0.3) is 0 Å². The van der Waals surface area contributed by atoms with Gasteiger partial charge in [-0.05, 0) is 24.3 Å². The van der Waals surface area contributed by atoms with Crippen molar-refractivity contribution in [3.63, 3.8) is 0 Å². The predicted octanol–water partition coefficient (Wildman–Crippen LogP) is 3.31. The SMILES string of the molecule is NNc1cc(Sc2ccc(F)c(F)c2)cc([N+](=O)[O-])c1. The summed E-state index contributed by atoms with van der Waals surface area (Å²) in [4.78, 5) is 11.1. The maximum Gasteiger partial charge on any atom is 0.272 e. The molecular weight excluding hydrogens is 288 g/mol. The van der Waals surface area contributed by atoms with Crippen molar-refractivity contribution in [1.82, 2.24) is 0 Å². The van der Waals surface area contributed by atoms with Gasteiger partial charge in [-0.3, -0.25) is 16.0 Å². The molecule has 0 aliphatic carbocycles. The van der Waals surface area contributed by atoms with E-state index < -0.39 is 16.6 Å². The van der Waals surface area contributed by atoms with Crippen molar-refractivity contribution < 1.29 is 13.7 Å². The van der Waals surface area contributed by atoms with E-state index in [0.717, 1.165) is 23.9 Å². The molecule has 0 fully saturated rings. The normalized spacial score (nSPS) is 10.3. The maximum absolute atomic E-state index is 13.1. The number of non-ortho nitro benzene ring substituents is 1. The Balaban J connectivity index is 2.34. The molecule has 2 aromatic rings. The molecule has 0 aromatic heterocycles. The van der Waals surface area contributed by atoms with Gasteiger partial charge >= 0.3 is 0 Å². The number of hydrogen-bond acceptors (Lipinski definition) is 5. The predicted molar refractivity (Wildman–Crippen MR) is 71.4 cm³/mol. The minimum absolute atomic E-state index is 0.148. The number of nitrogens with two attached hydrogens (primary N) is 1. The number of hydrazine groups is 1. The lowest BCUT2D eigenvalue weighted by Crippen LogP contribution is -2.07. The summed E-state index contributed by atoms with van der Waals surface area (Å²) < 4.78 is 25.9. The molecule has 0 amide bonds. The third kappa shape index (κ3) is 3.22. The lowest BCUT2D eigenvalue weighted by molar-refractivity contribution is -0.385. The third-order valence-corrected chi connectivity index (χ3v) is 3.36. The minimum atomic E-state index is -0.974. The molecule has 0 unspecified atom stereocenters. The lowest BCUT2D eigenvalue weighted by atomic mass is 10.3. The van der Waals surface area contributed by atoms with E-state index in [-0.39, 0.29) is 5.69 Å². The summed E-state index contributed by atoms with van der Waals surface area (Å²) in [6.07, 6.45) is 0. The van der Waals surface area contributed by atoms with E-state index in [1.54, 1.807) is 6.07 Å². The van der Waals surface area contributed by atoms with Gasteiger partial charge in [-0.1, -0.05) is 11.8 Å². The number of benzene rings is 2. The average Bonchev–Trinajstić information content (AvgIpc) is 2.42. The highest BCUT2D eigenvalue weighted by Gasteiger charge is 2.11. The van der Waals surface area contributed by atoms with Crippen LogP contribution in [0.2, 0.25) is 0 Å². The Morgan fingerprint density at radius 1 is 1.10 bits per heavy atom. The van der Waals surface area contributed by atoms with Crippen molar-refractivity contribution in [2.75, 3.05) is 5.43 Å². The summed E-state index contributed by atoms with van der Waals surface area (Å²) in [5.74, 6) is 3.31. The van der Waals surface area contributed by atoms with E-state index in [9.17, 15) is 18.9 Å². The van der Waals surface area contributed by atoms with Gasteiger partial charge in [0.1, 0.15) is 0 Å².